The summed E-state index contributed by atoms with van der Waals surface area (Å²) >= 11 is 0. The average Bonchev–Trinajstić information content (AvgIpc) is 3.31. The highest BCUT2D eigenvalue weighted by atomic mass is 32.2. The predicted octanol–water partition coefficient (Wildman–Crippen LogP) is 3.30. The van der Waals surface area contributed by atoms with Crippen LogP contribution in [0.3, 0.4) is 0 Å². The van der Waals surface area contributed by atoms with Gasteiger partial charge in [-0.2, -0.15) is 18.3 Å². The summed E-state index contributed by atoms with van der Waals surface area (Å²) in [5.41, 5.74) is 1.21. The third-order valence-corrected chi connectivity index (χ3v) is 6.31. The molecule has 3 heterocycles. The number of ether oxygens (including phenoxy) is 1. The number of hydrogen-bond acceptors (Lipinski definition) is 6. The lowest BCUT2D eigenvalue weighted by Gasteiger charge is -2.22. The number of halogens is 4. The van der Waals surface area contributed by atoms with Crippen LogP contribution in [0.25, 0.3) is 5.69 Å². The van der Waals surface area contributed by atoms with Gasteiger partial charge in [-0.25, -0.2) is 17.5 Å². The topological polar surface area (TPSA) is 94.4 Å². The van der Waals surface area contributed by atoms with Crippen LogP contribution in [0.1, 0.15) is 28.5 Å². The molecule has 0 radical (unpaired) electrons. The van der Waals surface area contributed by atoms with Gasteiger partial charge in [-0.15, -0.1) is 0 Å². The molecule has 3 aromatic rings. The number of rotatable bonds is 5. The number of sulfone groups is 1. The minimum absolute atomic E-state index is 0.0152. The molecule has 0 saturated carbocycles. The van der Waals surface area contributed by atoms with Crippen molar-refractivity contribution in [3.8, 4) is 11.4 Å². The summed E-state index contributed by atoms with van der Waals surface area (Å²) in [6.45, 7) is 0.865. The third-order valence-electron chi connectivity index (χ3n) is 5.20. The van der Waals surface area contributed by atoms with Gasteiger partial charge in [-0.05, 0) is 25.1 Å². The number of nitrogens with zero attached hydrogens (tertiary/aromatic N) is 4. The van der Waals surface area contributed by atoms with E-state index in [2.05, 4.69) is 10.1 Å². The summed E-state index contributed by atoms with van der Waals surface area (Å²) in [5.74, 6) is -1.65. The maximum atomic E-state index is 13.4. The number of carbonyl (C=O) groups is 1. The van der Waals surface area contributed by atoms with E-state index in [4.69, 9.17) is 4.74 Å². The Morgan fingerprint density at radius 1 is 1.18 bits per heavy atom. The molecular formula is C21H18F4N4O4S. The quantitative estimate of drug-likeness (QED) is 0.501. The highest BCUT2D eigenvalue weighted by Crippen LogP contribution is 2.32. The van der Waals surface area contributed by atoms with Gasteiger partial charge in [-0.1, -0.05) is 0 Å². The Morgan fingerprint density at radius 2 is 1.91 bits per heavy atom. The second-order valence-electron chi connectivity index (χ2n) is 7.80. The molecule has 8 nitrogen and oxygen atoms in total. The standard InChI is InChI=1S/C21H18F4N4O4S/c1-12(21(23,24)25)33-19-4-3-16(34(2,31)32)6-17(19)20(30)28-9-13-10-29(27-18(13)11-28)15-5-14(22)7-26-8-15/h3-8,10,12H,9,11H2,1-2H3. The molecule has 1 aliphatic rings. The molecule has 1 aromatic carbocycles. The van der Waals surface area contributed by atoms with Crippen molar-refractivity contribution in [1.82, 2.24) is 19.7 Å². The number of pyridine rings is 1. The van der Waals surface area contributed by atoms with Crippen LogP contribution in [-0.2, 0) is 22.9 Å². The van der Waals surface area contributed by atoms with Crippen LogP contribution in [0, 0.1) is 5.82 Å². The van der Waals surface area contributed by atoms with Crippen molar-refractivity contribution in [3.63, 3.8) is 0 Å². The van der Waals surface area contributed by atoms with Gasteiger partial charge in [0.15, 0.2) is 15.9 Å². The van der Waals surface area contributed by atoms with Crippen molar-refractivity contribution in [2.75, 3.05) is 6.26 Å². The van der Waals surface area contributed by atoms with Gasteiger partial charge in [-0.3, -0.25) is 9.78 Å². The largest absolute Gasteiger partial charge is 0.480 e. The van der Waals surface area contributed by atoms with E-state index < -0.39 is 33.8 Å². The van der Waals surface area contributed by atoms with Gasteiger partial charge < -0.3 is 9.64 Å². The van der Waals surface area contributed by atoms with Crippen molar-refractivity contribution in [3.05, 3.63) is 65.5 Å². The first kappa shape index (κ1) is 23.7. The van der Waals surface area contributed by atoms with E-state index in [9.17, 15) is 30.8 Å². The number of alkyl halides is 3. The van der Waals surface area contributed by atoms with E-state index in [1.807, 2.05) is 0 Å². The number of benzene rings is 1. The second-order valence-corrected chi connectivity index (χ2v) is 9.82. The summed E-state index contributed by atoms with van der Waals surface area (Å²) in [5, 5.41) is 4.33. The first-order valence-electron chi connectivity index (χ1n) is 9.88. The molecule has 1 atom stereocenters. The van der Waals surface area contributed by atoms with E-state index in [0.29, 0.717) is 16.9 Å². The molecule has 13 heteroatoms. The first-order valence-corrected chi connectivity index (χ1v) is 11.8. The molecule has 34 heavy (non-hydrogen) atoms. The smallest absolute Gasteiger partial charge is 0.425 e. The van der Waals surface area contributed by atoms with Crippen LogP contribution < -0.4 is 4.74 Å². The minimum atomic E-state index is -4.69. The highest BCUT2D eigenvalue weighted by molar-refractivity contribution is 7.90. The zero-order valence-electron chi connectivity index (χ0n) is 17.9. The molecule has 0 saturated heterocycles. The summed E-state index contributed by atoms with van der Waals surface area (Å²) < 4.78 is 82.8. The predicted molar refractivity (Wildman–Crippen MR) is 111 cm³/mol. The molecule has 0 spiro atoms. The second kappa shape index (κ2) is 8.38. The molecule has 0 N–H and O–H groups in total. The molecule has 1 amide bonds. The lowest BCUT2D eigenvalue weighted by atomic mass is 10.1. The fourth-order valence-electron chi connectivity index (χ4n) is 3.39. The number of aromatic nitrogens is 3. The van der Waals surface area contributed by atoms with Gasteiger partial charge in [0.05, 0.1) is 40.8 Å². The van der Waals surface area contributed by atoms with Gasteiger partial charge in [0.25, 0.3) is 5.91 Å². The third kappa shape index (κ3) is 4.74. The zero-order valence-corrected chi connectivity index (χ0v) is 18.7. The first-order chi connectivity index (χ1) is 15.8. The SMILES string of the molecule is CC(Oc1ccc(S(C)(=O)=O)cc1C(=O)N1Cc2cn(-c3cncc(F)c3)nc2C1)C(F)(F)F. The summed E-state index contributed by atoms with van der Waals surface area (Å²) in [4.78, 5) is 18.1. The highest BCUT2D eigenvalue weighted by Gasteiger charge is 2.39. The Hall–Kier alpha value is -3.48. The average molecular weight is 498 g/mol. The van der Waals surface area contributed by atoms with E-state index in [0.717, 1.165) is 37.6 Å². The summed E-state index contributed by atoms with van der Waals surface area (Å²) in [6, 6.07) is 4.37. The van der Waals surface area contributed by atoms with Gasteiger partial charge in [0.2, 0.25) is 0 Å². The molecule has 0 fully saturated rings. The molecule has 4 rings (SSSR count). The van der Waals surface area contributed by atoms with E-state index in [-0.39, 0.29) is 29.3 Å². The maximum absolute atomic E-state index is 13.4. The van der Waals surface area contributed by atoms with Crippen molar-refractivity contribution in [2.24, 2.45) is 0 Å². The van der Waals surface area contributed by atoms with Crippen LogP contribution >= 0.6 is 0 Å². The monoisotopic (exact) mass is 498 g/mol. The lowest BCUT2D eigenvalue weighted by Crippen LogP contribution is -2.33. The van der Waals surface area contributed by atoms with Crippen LogP contribution in [0.5, 0.6) is 5.75 Å². The van der Waals surface area contributed by atoms with E-state index in [1.54, 1.807) is 6.20 Å². The molecule has 0 bridgehead atoms. The van der Waals surface area contributed by atoms with Gasteiger partial charge in [0, 0.05) is 30.6 Å². The molecule has 1 unspecified atom stereocenters. The van der Waals surface area contributed by atoms with Crippen LogP contribution in [0.15, 0.2) is 47.8 Å². The molecular weight excluding hydrogens is 480 g/mol. The Morgan fingerprint density at radius 3 is 2.53 bits per heavy atom. The minimum Gasteiger partial charge on any atom is -0.480 e. The molecule has 2 aromatic heterocycles. The molecule has 0 aliphatic carbocycles. The van der Waals surface area contributed by atoms with Crippen molar-refractivity contribution < 1.29 is 35.5 Å². The fraction of sp³-hybridized carbons (Fsp3) is 0.286. The Balaban J connectivity index is 1.62. The van der Waals surface area contributed by atoms with Crippen molar-refractivity contribution >= 4 is 15.7 Å². The van der Waals surface area contributed by atoms with Crippen LogP contribution in [0.2, 0.25) is 0 Å². The molecule has 1 aliphatic heterocycles. The number of amides is 1. The lowest BCUT2D eigenvalue weighted by molar-refractivity contribution is -0.189. The Labute approximate surface area is 191 Å². The number of fused-ring (bicyclic) bond motifs is 1. The number of carbonyl (C=O) groups excluding carboxylic acids is 1. The Bertz CT molecular complexity index is 1350. The van der Waals surface area contributed by atoms with Crippen molar-refractivity contribution in [2.45, 2.75) is 37.2 Å². The van der Waals surface area contributed by atoms with Crippen LogP contribution in [-0.4, -0.2) is 52.5 Å². The van der Waals surface area contributed by atoms with E-state index in [1.165, 1.54) is 21.8 Å². The van der Waals surface area contributed by atoms with Gasteiger partial charge in [0.1, 0.15) is 11.6 Å². The number of hydrogen-bond donors (Lipinski definition) is 0. The van der Waals surface area contributed by atoms with Gasteiger partial charge >= 0.3 is 6.18 Å². The van der Waals surface area contributed by atoms with Crippen LogP contribution in [0.4, 0.5) is 17.6 Å². The molecule has 180 valence electrons. The Kier molecular flexibility index (Phi) is 5.84. The normalized spacial score (nSPS) is 14.7. The fourth-order valence-corrected chi connectivity index (χ4v) is 4.04. The van der Waals surface area contributed by atoms with E-state index >= 15 is 0 Å². The summed E-state index contributed by atoms with van der Waals surface area (Å²) in [6.07, 6.45) is -1.93. The summed E-state index contributed by atoms with van der Waals surface area (Å²) in [7, 11) is -3.74. The zero-order chi connectivity index (χ0) is 24.8. The van der Waals surface area contributed by atoms with Crippen molar-refractivity contribution in [1.29, 1.82) is 0 Å². The maximum Gasteiger partial charge on any atom is 0.425 e.